The SMILES string of the molecule is CCNC(=NCCCN(C)S(=O)(=O)CC)N1CC[C@@H](O)C1.I. The van der Waals surface area contributed by atoms with Gasteiger partial charge in [-0.3, -0.25) is 4.99 Å². The van der Waals surface area contributed by atoms with Crippen molar-refractivity contribution in [2.45, 2.75) is 32.8 Å². The highest BCUT2D eigenvalue weighted by Crippen LogP contribution is 2.09. The highest BCUT2D eigenvalue weighted by molar-refractivity contribution is 14.0. The lowest BCUT2D eigenvalue weighted by Crippen LogP contribution is -2.40. The summed E-state index contributed by atoms with van der Waals surface area (Å²) < 4.78 is 24.6. The topological polar surface area (TPSA) is 85.2 Å². The molecule has 0 saturated carbocycles. The fourth-order valence-electron chi connectivity index (χ4n) is 2.20. The van der Waals surface area contributed by atoms with Gasteiger partial charge in [0, 0.05) is 39.8 Å². The summed E-state index contributed by atoms with van der Waals surface area (Å²) in [4.78, 5) is 6.55. The van der Waals surface area contributed by atoms with Crippen molar-refractivity contribution in [1.29, 1.82) is 0 Å². The molecule has 0 bridgehead atoms. The molecule has 2 N–H and O–H groups in total. The van der Waals surface area contributed by atoms with E-state index in [9.17, 15) is 13.5 Å². The maximum atomic E-state index is 11.6. The summed E-state index contributed by atoms with van der Waals surface area (Å²) in [5.74, 6) is 0.927. The number of nitrogens with one attached hydrogen (secondary N) is 1. The first kappa shape index (κ1) is 21.9. The molecule has 1 atom stereocenters. The molecular weight excluding hydrogens is 419 g/mol. The van der Waals surface area contributed by atoms with Gasteiger partial charge in [-0.1, -0.05) is 0 Å². The van der Waals surface area contributed by atoms with Crippen molar-refractivity contribution >= 4 is 40.0 Å². The van der Waals surface area contributed by atoms with Crippen LogP contribution in [0.3, 0.4) is 0 Å². The van der Waals surface area contributed by atoms with Crippen molar-refractivity contribution < 1.29 is 13.5 Å². The molecule has 1 rings (SSSR count). The molecule has 0 aliphatic carbocycles. The number of guanidine groups is 1. The Labute approximate surface area is 151 Å². The van der Waals surface area contributed by atoms with Crippen molar-refractivity contribution in [3.63, 3.8) is 0 Å². The lowest BCUT2D eigenvalue weighted by atomic mass is 10.3. The molecule has 1 heterocycles. The van der Waals surface area contributed by atoms with Gasteiger partial charge in [0.2, 0.25) is 10.0 Å². The molecule has 9 heteroatoms. The Balaban J connectivity index is 0.00000441. The average Bonchev–Trinajstić information content (AvgIpc) is 2.88. The van der Waals surface area contributed by atoms with Gasteiger partial charge in [-0.2, -0.15) is 0 Å². The Morgan fingerprint density at radius 3 is 2.64 bits per heavy atom. The minimum atomic E-state index is -3.11. The van der Waals surface area contributed by atoms with E-state index in [1.807, 2.05) is 11.8 Å². The van der Waals surface area contributed by atoms with Crippen molar-refractivity contribution in [2.75, 3.05) is 45.5 Å². The van der Waals surface area contributed by atoms with E-state index < -0.39 is 10.0 Å². The van der Waals surface area contributed by atoms with E-state index in [1.54, 1.807) is 14.0 Å². The minimum absolute atomic E-state index is 0. The fraction of sp³-hybridized carbons (Fsp3) is 0.923. The predicted octanol–water partition coefficient (Wildman–Crippen LogP) is 0.308. The molecule has 132 valence electrons. The Hall–Kier alpha value is -0.130. The van der Waals surface area contributed by atoms with E-state index >= 15 is 0 Å². The van der Waals surface area contributed by atoms with Crippen LogP contribution in [0.4, 0.5) is 0 Å². The molecule has 0 aromatic carbocycles. The number of aliphatic hydroxyl groups is 1. The van der Waals surface area contributed by atoms with Crippen LogP contribution >= 0.6 is 24.0 Å². The number of rotatable bonds is 7. The van der Waals surface area contributed by atoms with Crippen LogP contribution in [0.2, 0.25) is 0 Å². The molecule has 1 fully saturated rings. The Bertz CT molecular complexity index is 445. The largest absolute Gasteiger partial charge is 0.391 e. The summed E-state index contributed by atoms with van der Waals surface area (Å²) in [6.45, 7) is 6.87. The summed E-state index contributed by atoms with van der Waals surface area (Å²) in [5.41, 5.74) is 0. The van der Waals surface area contributed by atoms with Crippen LogP contribution in [-0.4, -0.2) is 80.3 Å². The zero-order chi connectivity index (χ0) is 15.9. The van der Waals surface area contributed by atoms with E-state index in [1.165, 1.54) is 4.31 Å². The van der Waals surface area contributed by atoms with Crippen LogP contribution in [0.5, 0.6) is 0 Å². The molecule has 1 saturated heterocycles. The van der Waals surface area contributed by atoms with E-state index in [4.69, 9.17) is 0 Å². The molecule has 0 radical (unpaired) electrons. The highest BCUT2D eigenvalue weighted by atomic mass is 127. The van der Waals surface area contributed by atoms with Crippen LogP contribution in [-0.2, 0) is 10.0 Å². The third-order valence-corrected chi connectivity index (χ3v) is 5.39. The van der Waals surface area contributed by atoms with E-state index in [2.05, 4.69) is 10.3 Å². The van der Waals surface area contributed by atoms with Gasteiger partial charge in [0.1, 0.15) is 0 Å². The first-order valence-electron chi connectivity index (χ1n) is 7.56. The molecule has 0 amide bonds. The van der Waals surface area contributed by atoms with Gasteiger partial charge in [-0.15, -0.1) is 24.0 Å². The normalized spacial score (nSPS) is 19.4. The smallest absolute Gasteiger partial charge is 0.213 e. The van der Waals surface area contributed by atoms with Crippen molar-refractivity contribution in [3.05, 3.63) is 0 Å². The summed E-state index contributed by atoms with van der Waals surface area (Å²) in [5, 5.41) is 12.8. The van der Waals surface area contributed by atoms with Gasteiger partial charge in [0.05, 0.1) is 11.9 Å². The molecule has 1 aliphatic heterocycles. The van der Waals surface area contributed by atoms with Gasteiger partial charge >= 0.3 is 0 Å². The molecule has 22 heavy (non-hydrogen) atoms. The van der Waals surface area contributed by atoms with E-state index in [0.717, 1.165) is 25.5 Å². The minimum Gasteiger partial charge on any atom is -0.391 e. The van der Waals surface area contributed by atoms with Crippen LogP contribution in [0, 0.1) is 0 Å². The number of aliphatic imine (C=N–C) groups is 1. The second-order valence-electron chi connectivity index (χ2n) is 5.20. The van der Waals surface area contributed by atoms with Crippen molar-refractivity contribution in [1.82, 2.24) is 14.5 Å². The van der Waals surface area contributed by atoms with E-state index in [0.29, 0.717) is 26.1 Å². The zero-order valence-corrected chi connectivity index (χ0v) is 16.8. The summed E-state index contributed by atoms with van der Waals surface area (Å²) in [7, 11) is -1.50. The number of aliphatic hydroxyl groups excluding tert-OH is 1. The maximum Gasteiger partial charge on any atom is 0.213 e. The number of likely N-dealkylation sites (tertiary alicyclic amines) is 1. The lowest BCUT2D eigenvalue weighted by molar-refractivity contribution is 0.188. The number of hydrogen-bond donors (Lipinski definition) is 2. The highest BCUT2D eigenvalue weighted by Gasteiger charge is 2.22. The van der Waals surface area contributed by atoms with Crippen LogP contribution in [0.25, 0.3) is 0 Å². The van der Waals surface area contributed by atoms with Gasteiger partial charge in [0.25, 0.3) is 0 Å². The Kier molecular flexibility index (Phi) is 10.5. The first-order chi connectivity index (χ1) is 9.90. The third kappa shape index (κ3) is 6.97. The van der Waals surface area contributed by atoms with Crippen LogP contribution < -0.4 is 5.32 Å². The predicted molar refractivity (Wildman–Crippen MR) is 100 cm³/mol. The summed E-state index contributed by atoms with van der Waals surface area (Å²) in [6.07, 6.45) is 1.16. The first-order valence-corrected chi connectivity index (χ1v) is 9.17. The number of nitrogens with zero attached hydrogens (tertiary/aromatic N) is 3. The van der Waals surface area contributed by atoms with Gasteiger partial charge in [-0.05, 0) is 26.7 Å². The van der Waals surface area contributed by atoms with Gasteiger partial charge < -0.3 is 15.3 Å². The second kappa shape index (κ2) is 10.6. The number of halogens is 1. The molecule has 0 aromatic rings. The van der Waals surface area contributed by atoms with E-state index in [-0.39, 0.29) is 35.8 Å². The van der Waals surface area contributed by atoms with Crippen LogP contribution in [0.1, 0.15) is 26.7 Å². The number of sulfonamides is 1. The monoisotopic (exact) mass is 448 g/mol. The molecule has 0 spiro atoms. The second-order valence-corrected chi connectivity index (χ2v) is 7.56. The number of β-amino-alcohol motifs (C(OH)–C–C–N with tert-alkyl or cyclic N) is 1. The molecule has 7 nitrogen and oxygen atoms in total. The van der Waals surface area contributed by atoms with Crippen molar-refractivity contribution in [3.8, 4) is 0 Å². The van der Waals surface area contributed by atoms with Crippen LogP contribution in [0.15, 0.2) is 4.99 Å². The van der Waals surface area contributed by atoms with Gasteiger partial charge in [-0.25, -0.2) is 12.7 Å². The quantitative estimate of drug-likeness (QED) is 0.254. The molecule has 1 aliphatic rings. The standard InChI is InChI=1S/C13H28N4O3S.HI/c1-4-14-13(17-10-7-12(18)11-17)15-8-6-9-16(3)21(19,20)5-2;/h12,18H,4-11H2,1-3H3,(H,14,15);1H/t12-;/m1./s1. The zero-order valence-electron chi connectivity index (χ0n) is 13.7. The molecule has 0 unspecified atom stereocenters. The molecular formula is C13H29IN4O3S. The Morgan fingerprint density at radius 1 is 1.45 bits per heavy atom. The Morgan fingerprint density at radius 2 is 2.14 bits per heavy atom. The average molecular weight is 448 g/mol. The number of hydrogen-bond acceptors (Lipinski definition) is 4. The summed E-state index contributed by atoms with van der Waals surface area (Å²) in [6, 6.07) is 0. The third-order valence-electron chi connectivity index (χ3n) is 3.53. The van der Waals surface area contributed by atoms with Crippen molar-refractivity contribution in [2.24, 2.45) is 4.99 Å². The maximum absolute atomic E-state index is 11.6. The van der Waals surface area contributed by atoms with Gasteiger partial charge in [0.15, 0.2) is 5.96 Å². The summed E-state index contributed by atoms with van der Waals surface area (Å²) >= 11 is 0. The molecule has 0 aromatic heterocycles. The lowest BCUT2D eigenvalue weighted by Gasteiger charge is -2.21. The fourth-order valence-corrected chi connectivity index (χ4v) is 3.05.